The number of unbranched alkanes of at least 4 members (excludes halogenated alkanes) is 1. The smallest absolute Gasteiger partial charge is 0.243 e. The number of carbonyl (C=O) groups excluding carboxylic acids is 3. The summed E-state index contributed by atoms with van der Waals surface area (Å²) in [7, 11) is 1.50. The lowest BCUT2D eigenvalue weighted by Gasteiger charge is -2.16. The van der Waals surface area contributed by atoms with Gasteiger partial charge in [-0.05, 0) is 31.4 Å². The number of hydrogen-bond acceptors (Lipinski definition) is 6. The van der Waals surface area contributed by atoms with E-state index in [1.807, 2.05) is 30.3 Å². The molecule has 4 N–H and O–H groups in total. The van der Waals surface area contributed by atoms with E-state index in [9.17, 15) is 14.4 Å². The molecule has 1 fully saturated rings. The summed E-state index contributed by atoms with van der Waals surface area (Å²) < 4.78 is 10.4. The Kier molecular flexibility index (Phi) is 8.86. The van der Waals surface area contributed by atoms with Gasteiger partial charge in [-0.1, -0.05) is 18.2 Å². The zero-order chi connectivity index (χ0) is 20.4. The highest BCUT2D eigenvalue weighted by molar-refractivity contribution is 5.90. The Hall–Kier alpha value is -2.49. The Bertz CT molecular complexity index is 654. The first-order valence-electron chi connectivity index (χ1n) is 9.29. The normalized spacial score (nSPS) is 18.8. The maximum Gasteiger partial charge on any atom is 0.243 e. The standard InChI is InChI=1S/C19H27N3O6/c1-27-19-18(28-19)14(11-12-17(25)22-26)21-16(24)10-6-5-9-15(23)20-13-7-3-2-4-8-13/h2-4,7-8,14,18-19,26H,5-6,9-12H2,1H3,(H,20,23)(H,21,24)(H,22,25)/t14-,18?,19?/m1/s1. The van der Waals surface area contributed by atoms with Crippen LogP contribution in [0.5, 0.6) is 0 Å². The minimum absolute atomic E-state index is 0.0530. The maximum atomic E-state index is 12.2. The first-order valence-corrected chi connectivity index (χ1v) is 9.29. The molecule has 0 saturated carbocycles. The number of benzene rings is 1. The molecule has 2 unspecified atom stereocenters. The number of carbonyl (C=O) groups is 3. The lowest BCUT2D eigenvalue weighted by atomic mass is 10.1. The highest BCUT2D eigenvalue weighted by Gasteiger charge is 2.45. The fourth-order valence-corrected chi connectivity index (χ4v) is 2.84. The van der Waals surface area contributed by atoms with E-state index in [1.165, 1.54) is 7.11 Å². The Morgan fingerprint density at radius 1 is 1.07 bits per heavy atom. The van der Waals surface area contributed by atoms with E-state index in [1.54, 1.807) is 5.48 Å². The van der Waals surface area contributed by atoms with Crippen molar-refractivity contribution < 1.29 is 29.1 Å². The Morgan fingerprint density at radius 2 is 1.75 bits per heavy atom. The average molecular weight is 393 g/mol. The number of rotatable bonds is 12. The van der Waals surface area contributed by atoms with E-state index in [0.717, 1.165) is 5.69 Å². The number of para-hydroxylation sites is 1. The molecule has 154 valence electrons. The van der Waals surface area contributed by atoms with Crippen LogP contribution in [0.2, 0.25) is 0 Å². The van der Waals surface area contributed by atoms with Crippen LogP contribution in [0, 0.1) is 0 Å². The molecule has 1 heterocycles. The second-order valence-electron chi connectivity index (χ2n) is 6.57. The molecule has 1 saturated heterocycles. The summed E-state index contributed by atoms with van der Waals surface area (Å²) in [6.45, 7) is 0. The van der Waals surface area contributed by atoms with Crippen LogP contribution < -0.4 is 16.1 Å². The van der Waals surface area contributed by atoms with Gasteiger partial charge in [-0.25, -0.2) is 5.48 Å². The second-order valence-corrected chi connectivity index (χ2v) is 6.57. The number of hydrogen-bond donors (Lipinski definition) is 4. The quantitative estimate of drug-likeness (QED) is 0.183. The summed E-state index contributed by atoms with van der Waals surface area (Å²) in [5.41, 5.74) is 2.31. The van der Waals surface area contributed by atoms with Crippen molar-refractivity contribution in [3.8, 4) is 0 Å². The molecule has 0 spiro atoms. The first kappa shape index (κ1) is 21.8. The zero-order valence-corrected chi connectivity index (χ0v) is 15.8. The van der Waals surface area contributed by atoms with Crippen molar-refractivity contribution in [3.05, 3.63) is 30.3 Å². The molecule has 1 aliphatic heterocycles. The highest BCUT2D eigenvalue weighted by atomic mass is 16.8. The van der Waals surface area contributed by atoms with Crippen LogP contribution >= 0.6 is 0 Å². The van der Waals surface area contributed by atoms with Crippen LogP contribution in [-0.2, 0) is 23.9 Å². The number of ether oxygens (including phenoxy) is 2. The minimum Gasteiger partial charge on any atom is -0.353 e. The number of amides is 3. The van der Waals surface area contributed by atoms with Crippen LogP contribution in [0.1, 0.15) is 38.5 Å². The molecule has 1 aromatic carbocycles. The van der Waals surface area contributed by atoms with Gasteiger partial charge >= 0.3 is 0 Å². The van der Waals surface area contributed by atoms with E-state index in [0.29, 0.717) is 25.7 Å². The molecule has 3 atom stereocenters. The van der Waals surface area contributed by atoms with Crippen LogP contribution in [0.15, 0.2) is 30.3 Å². The van der Waals surface area contributed by atoms with E-state index < -0.39 is 12.2 Å². The third kappa shape index (κ3) is 7.63. The summed E-state index contributed by atoms with van der Waals surface area (Å²) in [5.74, 6) is -0.796. The molecule has 1 aromatic rings. The number of methoxy groups -OCH3 is 1. The molecule has 9 heteroatoms. The summed E-state index contributed by atoms with van der Waals surface area (Å²) in [5, 5.41) is 14.2. The third-order valence-electron chi connectivity index (χ3n) is 4.38. The lowest BCUT2D eigenvalue weighted by molar-refractivity contribution is -0.130. The van der Waals surface area contributed by atoms with E-state index in [-0.39, 0.29) is 36.8 Å². The molecule has 0 aliphatic carbocycles. The van der Waals surface area contributed by atoms with E-state index in [4.69, 9.17) is 14.7 Å². The minimum atomic E-state index is -0.529. The van der Waals surface area contributed by atoms with Crippen LogP contribution in [0.3, 0.4) is 0 Å². The summed E-state index contributed by atoms with van der Waals surface area (Å²) in [6.07, 6.45) is 1.42. The van der Waals surface area contributed by atoms with Crippen molar-refractivity contribution in [2.45, 2.75) is 57.0 Å². The molecular weight excluding hydrogens is 366 g/mol. The maximum absolute atomic E-state index is 12.2. The van der Waals surface area contributed by atoms with Crippen molar-refractivity contribution >= 4 is 23.4 Å². The van der Waals surface area contributed by atoms with Crippen molar-refractivity contribution in [1.29, 1.82) is 0 Å². The monoisotopic (exact) mass is 393 g/mol. The van der Waals surface area contributed by atoms with Gasteiger partial charge in [-0.3, -0.25) is 19.6 Å². The summed E-state index contributed by atoms with van der Waals surface area (Å²) >= 11 is 0. The van der Waals surface area contributed by atoms with Gasteiger partial charge in [-0.2, -0.15) is 0 Å². The summed E-state index contributed by atoms with van der Waals surface area (Å²) in [4.78, 5) is 35.3. The predicted molar refractivity (Wildman–Crippen MR) is 100 cm³/mol. The second kappa shape index (κ2) is 11.4. The molecule has 3 amide bonds. The Labute approximate surface area is 163 Å². The number of epoxide rings is 1. The Balaban J connectivity index is 1.66. The van der Waals surface area contributed by atoms with Crippen LogP contribution in [0.25, 0.3) is 0 Å². The zero-order valence-electron chi connectivity index (χ0n) is 15.8. The fourth-order valence-electron chi connectivity index (χ4n) is 2.84. The van der Waals surface area contributed by atoms with Gasteiger partial charge in [0.25, 0.3) is 0 Å². The van der Waals surface area contributed by atoms with Gasteiger partial charge in [0.15, 0.2) is 6.29 Å². The van der Waals surface area contributed by atoms with Crippen molar-refractivity contribution in [2.24, 2.45) is 0 Å². The van der Waals surface area contributed by atoms with Crippen molar-refractivity contribution in [2.75, 3.05) is 12.4 Å². The number of nitrogens with one attached hydrogen (secondary N) is 3. The van der Waals surface area contributed by atoms with Crippen molar-refractivity contribution in [3.63, 3.8) is 0 Å². The predicted octanol–water partition coefficient (Wildman–Crippen LogP) is 1.33. The molecule has 0 radical (unpaired) electrons. The van der Waals surface area contributed by atoms with E-state index >= 15 is 0 Å². The van der Waals surface area contributed by atoms with E-state index in [2.05, 4.69) is 10.6 Å². The van der Waals surface area contributed by atoms with Gasteiger partial charge < -0.3 is 20.1 Å². The fraction of sp³-hybridized carbons (Fsp3) is 0.526. The van der Waals surface area contributed by atoms with Crippen molar-refractivity contribution in [1.82, 2.24) is 10.8 Å². The third-order valence-corrected chi connectivity index (χ3v) is 4.38. The molecule has 28 heavy (non-hydrogen) atoms. The lowest BCUT2D eigenvalue weighted by Crippen LogP contribution is -2.40. The average Bonchev–Trinajstić information content (AvgIpc) is 3.48. The summed E-state index contributed by atoms with van der Waals surface area (Å²) in [6, 6.07) is 8.82. The highest BCUT2D eigenvalue weighted by Crippen LogP contribution is 2.28. The van der Waals surface area contributed by atoms with Gasteiger partial charge in [0.1, 0.15) is 6.10 Å². The molecular formula is C19H27N3O6. The van der Waals surface area contributed by atoms with Gasteiger partial charge in [0.2, 0.25) is 17.7 Å². The number of hydroxylamine groups is 1. The van der Waals surface area contributed by atoms with Gasteiger partial charge in [0.05, 0.1) is 6.04 Å². The van der Waals surface area contributed by atoms with Gasteiger partial charge in [-0.15, -0.1) is 0 Å². The largest absolute Gasteiger partial charge is 0.353 e. The first-order chi connectivity index (χ1) is 13.5. The molecule has 1 aliphatic rings. The molecule has 0 aromatic heterocycles. The molecule has 2 rings (SSSR count). The molecule has 0 bridgehead atoms. The SMILES string of the molecule is COC1OC1[C@@H](CCC(=O)NO)NC(=O)CCCCC(=O)Nc1ccccc1. The van der Waals surface area contributed by atoms with Gasteiger partial charge in [0, 0.05) is 32.1 Å². The van der Waals surface area contributed by atoms with Crippen LogP contribution in [0.4, 0.5) is 5.69 Å². The number of anilines is 1. The Morgan fingerprint density at radius 3 is 2.36 bits per heavy atom. The topological polar surface area (TPSA) is 129 Å². The van der Waals surface area contributed by atoms with Crippen LogP contribution in [-0.4, -0.2) is 48.5 Å². The molecule has 9 nitrogen and oxygen atoms in total.